The molecule has 2 unspecified atom stereocenters. The first kappa shape index (κ1) is 11.5. The van der Waals surface area contributed by atoms with Crippen LogP contribution in [-0.2, 0) is 0 Å². The van der Waals surface area contributed by atoms with E-state index in [1.807, 2.05) is 0 Å². The SMILES string of the molecule is CC1CCCCC1N(C)CCC(=N)N. The lowest BCUT2D eigenvalue weighted by Crippen LogP contribution is -2.40. The topological polar surface area (TPSA) is 53.1 Å². The molecule has 0 spiro atoms. The normalized spacial score (nSPS) is 27.9. The summed E-state index contributed by atoms with van der Waals surface area (Å²) in [5, 5.41) is 7.20. The van der Waals surface area contributed by atoms with Gasteiger partial charge in [0.1, 0.15) is 0 Å². The van der Waals surface area contributed by atoms with Crippen LogP contribution >= 0.6 is 0 Å². The summed E-state index contributed by atoms with van der Waals surface area (Å²) in [6, 6.07) is 0.711. The zero-order valence-electron chi connectivity index (χ0n) is 9.42. The predicted molar refractivity (Wildman–Crippen MR) is 60.6 cm³/mol. The van der Waals surface area contributed by atoms with Gasteiger partial charge in [-0.05, 0) is 25.8 Å². The quantitative estimate of drug-likeness (QED) is 0.533. The van der Waals surface area contributed by atoms with Gasteiger partial charge in [-0.25, -0.2) is 0 Å². The van der Waals surface area contributed by atoms with Crippen molar-refractivity contribution < 1.29 is 0 Å². The number of rotatable bonds is 4. The molecule has 3 nitrogen and oxygen atoms in total. The van der Waals surface area contributed by atoms with Crippen LogP contribution in [0.4, 0.5) is 0 Å². The number of nitrogens with zero attached hydrogens (tertiary/aromatic N) is 1. The first-order valence-electron chi connectivity index (χ1n) is 5.64. The van der Waals surface area contributed by atoms with E-state index in [9.17, 15) is 0 Å². The van der Waals surface area contributed by atoms with Gasteiger partial charge in [-0.2, -0.15) is 0 Å². The molecule has 0 aliphatic heterocycles. The van der Waals surface area contributed by atoms with E-state index in [0.717, 1.165) is 12.5 Å². The highest BCUT2D eigenvalue weighted by atomic mass is 15.1. The van der Waals surface area contributed by atoms with E-state index in [2.05, 4.69) is 18.9 Å². The minimum atomic E-state index is 0.306. The van der Waals surface area contributed by atoms with E-state index < -0.39 is 0 Å². The minimum absolute atomic E-state index is 0.306. The van der Waals surface area contributed by atoms with Crippen molar-refractivity contribution in [3.63, 3.8) is 0 Å². The van der Waals surface area contributed by atoms with Gasteiger partial charge in [-0.3, -0.25) is 5.41 Å². The van der Waals surface area contributed by atoms with Crippen LogP contribution in [0, 0.1) is 11.3 Å². The van der Waals surface area contributed by atoms with Crippen molar-refractivity contribution in [2.75, 3.05) is 13.6 Å². The third-order valence-electron chi connectivity index (χ3n) is 3.37. The van der Waals surface area contributed by atoms with Crippen molar-refractivity contribution in [2.24, 2.45) is 11.7 Å². The summed E-state index contributed by atoms with van der Waals surface area (Å²) in [6.07, 6.45) is 6.13. The monoisotopic (exact) mass is 197 g/mol. The average molecular weight is 197 g/mol. The highest BCUT2D eigenvalue weighted by Gasteiger charge is 2.24. The Bertz CT molecular complexity index is 191. The summed E-state index contributed by atoms with van der Waals surface area (Å²) < 4.78 is 0. The Morgan fingerprint density at radius 3 is 2.64 bits per heavy atom. The molecule has 0 aromatic rings. The molecule has 1 saturated carbocycles. The molecule has 0 radical (unpaired) electrons. The zero-order valence-corrected chi connectivity index (χ0v) is 9.42. The predicted octanol–water partition coefficient (Wildman–Crippen LogP) is 1.82. The van der Waals surface area contributed by atoms with Crippen LogP contribution in [0.1, 0.15) is 39.0 Å². The van der Waals surface area contributed by atoms with E-state index in [1.165, 1.54) is 25.7 Å². The van der Waals surface area contributed by atoms with Crippen LogP contribution in [0.5, 0.6) is 0 Å². The number of hydrogen-bond donors (Lipinski definition) is 2. The van der Waals surface area contributed by atoms with Gasteiger partial charge in [0, 0.05) is 19.0 Å². The van der Waals surface area contributed by atoms with Crippen LogP contribution in [0.2, 0.25) is 0 Å². The number of hydrogen-bond acceptors (Lipinski definition) is 2. The maximum atomic E-state index is 7.20. The van der Waals surface area contributed by atoms with Crippen molar-refractivity contribution in [1.82, 2.24) is 4.90 Å². The first-order valence-corrected chi connectivity index (χ1v) is 5.64. The van der Waals surface area contributed by atoms with Crippen LogP contribution in [0.3, 0.4) is 0 Å². The third kappa shape index (κ3) is 3.29. The van der Waals surface area contributed by atoms with Crippen molar-refractivity contribution >= 4 is 5.84 Å². The van der Waals surface area contributed by atoms with E-state index in [4.69, 9.17) is 11.1 Å². The maximum absolute atomic E-state index is 7.20. The number of nitrogens with two attached hydrogens (primary N) is 1. The Morgan fingerprint density at radius 1 is 1.43 bits per heavy atom. The Kier molecular flexibility index (Phi) is 4.39. The van der Waals surface area contributed by atoms with E-state index >= 15 is 0 Å². The lowest BCUT2D eigenvalue weighted by Gasteiger charge is -2.36. The lowest BCUT2D eigenvalue weighted by atomic mass is 9.85. The molecule has 0 saturated heterocycles. The van der Waals surface area contributed by atoms with Crippen LogP contribution in [0.25, 0.3) is 0 Å². The fourth-order valence-corrected chi connectivity index (χ4v) is 2.41. The van der Waals surface area contributed by atoms with Gasteiger partial charge in [0.15, 0.2) is 0 Å². The second-order valence-corrected chi connectivity index (χ2v) is 4.58. The molecule has 0 amide bonds. The molecule has 0 aromatic heterocycles. The van der Waals surface area contributed by atoms with Crippen molar-refractivity contribution in [2.45, 2.75) is 45.1 Å². The molecular formula is C11H23N3. The molecule has 1 aliphatic rings. The maximum Gasteiger partial charge on any atom is 0.0918 e. The molecule has 1 rings (SSSR count). The number of nitrogens with one attached hydrogen (secondary N) is 1. The third-order valence-corrected chi connectivity index (χ3v) is 3.37. The fraction of sp³-hybridized carbons (Fsp3) is 0.909. The Labute approximate surface area is 87.2 Å². The van der Waals surface area contributed by atoms with Gasteiger partial charge in [0.25, 0.3) is 0 Å². The van der Waals surface area contributed by atoms with Crippen molar-refractivity contribution in [1.29, 1.82) is 5.41 Å². The largest absolute Gasteiger partial charge is 0.388 e. The molecular weight excluding hydrogens is 174 g/mol. The highest BCUT2D eigenvalue weighted by Crippen LogP contribution is 2.27. The molecule has 0 bridgehead atoms. The lowest BCUT2D eigenvalue weighted by molar-refractivity contribution is 0.143. The van der Waals surface area contributed by atoms with Gasteiger partial charge in [0.05, 0.1) is 5.84 Å². The van der Waals surface area contributed by atoms with Gasteiger partial charge in [0.2, 0.25) is 0 Å². The minimum Gasteiger partial charge on any atom is -0.388 e. The number of amidine groups is 1. The summed E-state index contributed by atoms with van der Waals surface area (Å²) >= 11 is 0. The molecule has 1 fully saturated rings. The second kappa shape index (κ2) is 5.35. The van der Waals surface area contributed by atoms with Gasteiger partial charge < -0.3 is 10.6 Å². The summed E-state index contributed by atoms with van der Waals surface area (Å²) in [6.45, 7) is 3.28. The molecule has 82 valence electrons. The molecule has 1 aliphatic carbocycles. The van der Waals surface area contributed by atoms with E-state index in [1.54, 1.807) is 0 Å². The van der Waals surface area contributed by atoms with E-state index in [0.29, 0.717) is 18.3 Å². The van der Waals surface area contributed by atoms with Crippen LogP contribution < -0.4 is 5.73 Å². The molecule has 3 N–H and O–H groups in total. The molecule has 0 aromatic carbocycles. The molecule has 2 atom stereocenters. The molecule has 0 heterocycles. The summed E-state index contributed by atoms with van der Waals surface area (Å²) in [7, 11) is 2.16. The summed E-state index contributed by atoms with van der Waals surface area (Å²) in [5.74, 6) is 1.11. The standard InChI is InChI=1S/C11H23N3/c1-9-5-3-4-6-10(9)14(2)8-7-11(12)13/h9-10H,3-8H2,1-2H3,(H3,12,13). The smallest absolute Gasteiger partial charge is 0.0918 e. The highest BCUT2D eigenvalue weighted by molar-refractivity contribution is 5.76. The van der Waals surface area contributed by atoms with Crippen molar-refractivity contribution in [3.8, 4) is 0 Å². The Morgan fingerprint density at radius 2 is 2.07 bits per heavy atom. The van der Waals surface area contributed by atoms with Crippen LogP contribution in [-0.4, -0.2) is 30.4 Å². The van der Waals surface area contributed by atoms with Crippen LogP contribution in [0.15, 0.2) is 0 Å². The van der Waals surface area contributed by atoms with Gasteiger partial charge >= 0.3 is 0 Å². The Balaban J connectivity index is 2.34. The second-order valence-electron chi connectivity index (χ2n) is 4.58. The average Bonchev–Trinajstić information content (AvgIpc) is 2.15. The molecule has 3 heteroatoms. The van der Waals surface area contributed by atoms with Gasteiger partial charge in [-0.15, -0.1) is 0 Å². The van der Waals surface area contributed by atoms with Crippen molar-refractivity contribution in [3.05, 3.63) is 0 Å². The zero-order chi connectivity index (χ0) is 10.6. The Hall–Kier alpha value is -0.570. The molecule has 14 heavy (non-hydrogen) atoms. The first-order chi connectivity index (χ1) is 6.61. The van der Waals surface area contributed by atoms with Gasteiger partial charge in [-0.1, -0.05) is 19.8 Å². The summed E-state index contributed by atoms with van der Waals surface area (Å²) in [5.41, 5.74) is 5.36. The fourth-order valence-electron chi connectivity index (χ4n) is 2.41. The van der Waals surface area contributed by atoms with E-state index in [-0.39, 0.29) is 0 Å². The summed E-state index contributed by atoms with van der Waals surface area (Å²) in [4.78, 5) is 2.38.